The second-order valence-corrected chi connectivity index (χ2v) is 5.06. The third-order valence-corrected chi connectivity index (χ3v) is 2.84. The molecule has 20 heavy (non-hydrogen) atoms. The Bertz CT molecular complexity index is 582. The maximum Gasteiger partial charge on any atom is 0.348 e. The molecule has 6 heteroatoms. The topological polar surface area (TPSA) is 61.8 Å². The number of hydrogen-bond donors (Lipinski definition) is 0. The molecule has 0 bridgehead atoms. The van der Waals surface area contributed by atoms with Gasteiger partial charge in [-0.2, -0.15) is 0 Å². The Morgan fingerprint density at radius 2 is 1.80 bits per heavy atom. The second-order valence-electron chi connectivity index (χ2n) is 4.62. The van der Waals surface area contributed by atoms with Crippen molar-refractivity contribution in [2.45, 2.75) is 19.6 Å². The third-order valence-electron chi connectivity index (χ3n) is 2.61. The van der Waals surface area contributed by atoms with Crippen molar-refractivity contribution in [1.29, 1.82) is 0 Å². The minimum Gasteiger partial charge on any atom is -0.496 e. The van der Waals surface area contributed by atoms with Crippen LogP contribution in [0.4, 0.5) is 0 Å². The van der Waals surface area contributed by atoms with Gasteiger partial charge in [-0.05, 0) is 24.3 Å². The van der Waals surface area contributed by atoms with Crippen LogP contribution in [0.3, 0.4) is 0 Å². The molecule has 0 aliphatic carbocycles. The van der Waals surface area contributed by atoms with Crippen LogP contribution in [0.5, 0.6) is 5.75 Å². The van der Waals surface area contributed by atoms with Gasteiger partial charge in [0, 0.05) is 24.4 Å². The lowest BCUT2D eigenvalue weighted by Gasteiger charge is -2.29. The number of esters is 2. The summed E-state index contributed by atoms with van der Waals surface area (Å²) in [6.45, 7) is 2.97. The first-order valence-corrected chi connectivity index (χ1v) is 6.22. The molecule has 5 nitrogen and oxygen atoms in total. The predicted molar refractivity (Wildman–Crippen MR) is 72.2 cm³/mol. The number of methoxy groups -OCH3 is 1. The van der Waals surface area contributed by atoms with E-state index in [-0.39, 0.29) is 5.57 Å². The number of halogens is 1. The maximum atomic E-state index is 11.8. The number of hydrogen-bond acceptors (Lipinski definition) is 5. The van der Waals surface area contributed by atoms with Crippen LogP contribution in [-0.4, -0.2) is 24.8 Å². The number of carbonyl (C=O) groups is 2. The fraction of sp³-hybridized carbons (Fsp3) is 0.286. The van der Waals surface area contributed by atoms with E-state index < -0.39 is 17.7 Å². The Kier molecular flexibility index (Phi) is 3.72. The van der Waals surface area contributed by atoms with Crippen molar-refractivity contribution < 1.29 is 23.8 Å². The molecular weight excluding hydrogens is 284 g/mol. The SMILES string of the molecule is COc1ccc(Cl)cc1C=C1C(=O)OC(C)(C)OC1=O. The molecule has 0 aromatic heterocycles. The van der Waals surface area contributed by atoms with Gasteiger partial charge in [0.1, 0.15) is 11.3 Å². The molecule has 0 saturated carbocycles. The van der Waals surface area contributed by atoms with Crippen LogP contribution in [0, 0.1) is 0 Å². The molecule has 106 valence electrons. The molecule has 0 unspecified atom stereocenters. The van der Waals surface area contributed by atoms with E-state index in [9.17, 15) is 9.59 Å². The van der Waals surface area contributed by atoms with E-state index in [2.05, 4.69) is 0 Å². The first kappa shape index (κ1) is 14.4. The lowest BCUT2D eigenvalue weighted by molar-refractivity contribution is -0.222. The van der Waals surface area contributed by atoms with Crippen LogP contribution in [0.15, 0.2) is 23.8 Å². The predicted octanol–water partition coefficient (Wildman–Crippen LogP) is 2.57. The maximum absolute atomic E-state index is 11.8. The summed E-state index contributed by atoms with van der Waals surface area (Å²) in [6.07, 6.45) is 1.34. The van der Waals surface area contributed by atoms with Gasteiger partial charge < -0.3 is 14.2 Å². The zero-order valence-corrected chi connectivity index (χ0v) is 12.0. The molecule has 0 N–H and O–H groups in total. The largest absolute Gasteiger partial charge is 0.496 e. The van der Waals surface area contributed by atoms with Gasteiger partial charge >= 0.3 is 11.9 Å². The molecular formula is C14H13ClO5. The summed E-state index contributed by atoms with van der Waals surface area (Å²) in [5.74, 6) is -2.27. The summed E-state index contributed by atoms with van der Waals surface area (Å²) in [6, 6.07) is 4.86. The average molecular weight is 297 g/mol. The zero-order chi connectivity index (χ0) is 14.9. The first-order chi connectivity index (χ1) is 9.32. The molecule has 0 atom stereocenters. The normalized spacial score (nSPS) is 17.3. The zero-order valence-electron chi connectivity index (χ0n) is 11.2. The van der Waals surface area contributed by atoms with Gasteiger partial charge in [0.25, 0.3) is 5.79 Å². The Morgan fingerprint density at radius 1 is 1.20 bits per heavy atom. The van der Waals surface area contributed by atoms with Gasteiger partial charge in [0.05, 0.1) is 7.11 Å². The number of ether oxygens (including phenoxy) is 3. The quantitative estimate of drug-likeness (QED) is 0.477. The molecule has 1 saturated heterocycles. The lowest BCUT2D eigenvalue weighted by Crippen LogP contribution is -2.41. The molecule has 0 spiro atoms. The summed E-state index contributed by atoms with van der Waals surface area (Å²) >= 11 is 5.89. The monoisotopic (exact) mass is 296 g/mol. The van der Waals surface area contributed by atoms with Gasteiger partial charge in [-0.25, -0.2) is 9.59 Å². The summed E-state index contributed by atoms with van der Waals surface area (Å²) in [4.78, 5) is 23.7. The van der Waals surface area contributed by atoms with E-state index >= 15 is 0 Å². The van der Waals surface area contributed by atoms with E-state index in [1.165, 1.54) is 27.0 Å². The summed E-state index contributed by atoms with van der Waals surface area (Å²) < 4.78 is 15.2. The van der Waals surface area contributed by atoms with Crippen molar-refractivity contribution in [3.63, 3.8) is 0 Å². The molecule has 0 radical (unpaired) electrons. The number of rotatable bonds is 2. The van der Waals surface area contributed by atoms with Crippen molar-refractivity contribution in [3.8, 4) is 5.75 Å². The molecule has 1 heterocycles. The minimum absolute atomic E-state index is 0.204. The van der Waals surface area contributed by atoms with Crippen molar-refractivity contribution in [3.05, 3.63) is 34.4 Å². The first-order valence-electron chi connectivity index (χ1n) is 5.84. The molecule has 1 aromatic carbocycles. The van der Waals surface area contributed by atoms with Crippen molar-refractivity contribution in [1.82, 2.24) is 0 Å². The Morgan fingerprint density at radius 3 is 2.35 bits per heavy atom. The molecule has 0 amide bonds. The molecule has 1 aliphatic rings. The standard InChI is InChI=1S/C14H13ClO5/c1-14(2)19-12(16)10(13(17)20-14)7-8-6-9(15)4-5-11(8)18-3/h4-7H,1-3H3. The molecule has 1 aliphatic heterocycles. The van der Waals surface area contributed by atoms with Crippen molar-refractivity contribution in [2.75, 3.05) is 7.11 Å². The smallest absolute Gasteiger partial charge is 0.348 e. The molecule has 2 rings (SSSR count). The van der Waals surface area contributed by atoms with Crippen LogP contribution in [0.25, 0.3) is 6.08 Å². The Hall–Kier alpha value is -2.01. The number of cyclic esters (lactones) is 2. The van der Waals surface area contributed by atoms with Crippen LogP contribution < -0.4 is 4.74 Å². The van der Waals surface area contributed by atoms with Crippen molar-refractivity contribution in [2.24, 2.45) is 0 Å². The van der Waals surface area contributed by atoms with Gasteiger partial charge in [0.2, 0.25) is 0 Å². The molecule has 1 fully saturated rings. The summed E-state index contributed by atoms with van der Waals surface area (Å²) in [5, 5.41) is 0.454. The highest BCUT2D eigenvalue weighted by Gasteiger charge is 2.38. The summed E-state index contributed by atoms with van der Waals surface area (Å²) in [5.41, 5.74) is 0.286. The van der Waals surface area contributed by atoms with E-state index in [4.69, 9.17) is 25.8 Å². The fourth-order valence-corrected chi connectivity index (χ4v) is 1.93. The third kappa shape index (κ3) is 2.93. The average Bonchev–Trinajstić information content (AvgIpc) is 2.33. The van der Waals surface area contributed by atoms with Gasteiger partial charge in [-0.1, -0.05) is 11.6 Å². The van der Waals surface area contributed by atoms with Gasteiger partial charge in [-0.15, -0.1) is 0 Å². The lowest BCUT2D eigenvalue weighted by atomic mass is 10.1. The van der Waals surface area contributed by atoms with Crippen LogP contribution >= 0.6 is 11.6 Å². The van der Waals surface area contributed by atoms with E-state index in [0.29, 0.717) is 16.3 Å². The second kappa shape index (κ2) is 5.17. The van der Waals surface area contributed by atoms with E-state index in [1.54, 1.807) is 18.2 Å². The number of carbonyl (C=O) groups excluding carboxylic acids is 2. The van der Waals surface area contributed by atoms with Crippen molar-refractivity contribution >= 4 is 29.6 Å². The van der Waals surface area contributed by atoms with Gasteiger partial charge in [-0.3, -0.25) is 0 Å². The van der Waals surface area contributed by atoms with E-state index in [1.807, 2.05) is 0 Å². The highest BCUT2D eigenvalue weighted by molar-refractivity contribution is 6.30. The number of benzene rings is 1. The van der Waals surface area contributed by atoms with Crippen LogP contribution in [-0.2, 0) is 19.1 Å². The van der Waals surface area contributed by atoms with Crippen LogP contribution in [0.2, 0.25) is 5.02 Å². The minimum atomic E-state index is -1.26. The van der Waals surface area contributed by atoms with Gasteiger partial charge in [0.15, 0.2) is 0 Å². The highest BCUT2D eigenvalue weighted by Crippen LogP contribution is 2.28. The van der Waals surface area contributed by atoms with E-state index in [0.717, 1.165) is 0 Å². The Balaban J connectivity index is 2.43. The fourth-order valence-electron chi connectivity index (χ4n) is 1.75. The summed E-state index contributed by atoms with van der Waals surface area (Å²) in [7, 11) is 1.48. The Labute approximate surface area is 121 Å². The molecule has 1 aromatic rings. The highest BCUT2D eigenvalue weighted by atomic mass is 35.5. The van der Waals surface area contributed by atoms with Crippen LogP contribution in [0.1, 0.15) is 19.4 Å².